The lowest BCUT2D eigenvalue weighted by molar-refractivity contribution is -1.02. The summed E-state index contributed by atoms with van der Waals surface area (Å²) in [4.78, 5) is 14.1. The molecular formula is C19H27N3O2+2. The molecule has 3 atom stereocenters. The molecule has 2 bridgehead atoms. The first-order chi connectivity index (χ1) is 11.7. The molecule has 0 aromatic heterocycles. The van der Waals surface area contributed by atoms with E-state index < -0.39 is 0 Å². The summed E-state index contributed by atoms with van der Waals surface area (Å²) in [6, 6.07) is 7.19. The molecule has 24 heavy (non-hydrogen) atoms. The largest absolute Gasteiger partial charge is 0.325 e. The van der Waals surface area contributed by atoms with Gasteiger partial charge in [0.1, 0.15) is 32.7 Å². The highest BCUT2D eigenvalue weighted by molar-refractivity contribution is 5.39. The average molecular weight is 329 g/mol. The molecule has 1 saturated heterocycles. The van der Waals surface area contributed by atoms with Crippen molar-refractivity contribution in [3.63, 3.8) is 0 Å². The Bertz CT molecular complexity index is 637. The molecule has 1 aliphatic heterocycles. The third-order valence-electron chi connectivity index (χ3n) is 6.26. The van der Waals surface area contributed by atoms with Gasteiger partial charge < -0.3 is 9.80 Å². The maximum absolute atomic E-state index is 11.2. The van der Waals surface area contributed by atoms with E-state index in [1.165, 1.54) is 37.4 Å². The molecule has 4 rings (SSSR count). The fraction of sp³-hybridized carbons (Fsp3) is 0.579. The van der Waals surface area contributed by atoms with E-state index in [1.54, 1.807) is 17.0 Å². The second kappa shape index (κ2) is 6.65. The lowest BCUT2D eigenvalue weighted by atomic mass is 9.93. The van der Waals surface area contributed by atoms with Gasteiger partial charge in [-0.15, -0.1) is 0 Å². The Morgan fingerprint density at radius 3 is 2.46 bits per heavy atom. The van der Waals surface area contributed by atoms with Crippen LogP contribution >= 0.6 is 0 Å². The molecule has 3 unspecified atom stereocenters. The van der Waals surface area contributed by atoms with Crippen molar-refractivity contribution in [1.82, 2.24) is 0 Å². The van der Waals surface area contributed by atoms with Gasteiger partial charge in [0.05, 0.1) is 17.0 Å². The van der Waals surface area contributed by atoms with Crippen LogP contribution in [0.15, 0.2) is 36.4 Å². The van der Waals surface area contributed by atoms with E-state index in [0.717, 1.165) is 43.0 Å². The van der Waals surface area contributed by atoms with E-state index in [9.17, 15) is 10.1 Å². The lowest BCUT2D eigenvalue weighted by Gasteiger charge is -2.32. The minimum atomic E-state index is -0.251. The highest BCUT2D eigenvalue weighted by Crippen LogP contribution is 2.42. The van der Waals surface area contributed by atoms with Gasteiger partial charge in [0.25, 0.3) is 5.69 Å². The first-order valence-electron chi connectivity index (χ1n) is 9.27. The Hall–Kier alpha value is -1.72. The van der Waals surface area contributed by atoms with Crippen LogP contribution in [0.5, 0.6) is 0 Å². The Morgan fingerprint density at radius 1 is 1.04 bits per heavy atom. The van der Waals surface area contributed by atoms with E-state index in [1.807, 2.05) is 12.1 Å². The van der Waals surface area contributed by atoms with Crippen molar-refractivity contribution < 1.29 is 14.7 Å². The van der Waals surface area contributed by atoms with Gasteiger partial charge in [-0.1, -0.05) is 24.3 Å². The molecule has 3 aliphatic rings. The average Bonchev–Trinajstić information content (AvgIpc) is 3.20. The number of fused-ring (bicyclic) bond motifs is 2. The molecule has 128 valence electrons. The Kier molecular flexibility index (Phi) is 4.37. The van der Waals surface area contributed by atoms with Crippen LogP contribution in [0.1, 0.15) is 18.4 Å². The van der Waals surface area contributed by atoms with Crippen molar-refractivity contribution in [3.8, 4) is 0 Å². The van der Waals surface area contributed by atoms with Gasteiger partial charge in [-0.05, 0) is 30.7 Å². The number of rotatable bonds is 5. The standard InChI is InChI=1S/C19H25N3O2/c23-22(24)19-4-2-1-3-17(19)13-20-7-9-21(10-8-20)14-18-12-15-5-6-16(18)11-15/h1-6,15-16,18H,7-14H2/p+2. The van der Waals surface area contributed by atoms with Crippen LogP contribution in [0.4, 0.5) is 5.69 Å². The molecule has 5 nitrogen and oxygen atoms in total. The summed E-state index contributed by atoms with van der Waals surface area (Å²) in [5.74, 6) is 2.61. The molecule has 2 fully saturated rings. The number of nitrogens with one attached hydrogen (secondary N) is 2. The molecule has 1 aromatic rings. The van der Waals surface area contributed by atoms with Gasteiger partial charge in [-0.2, -0.15) is 0 Å². The molecule has 2 aliphatic carbocycles. The Labute approximate surface area is 143 Å². The summed E-state index contributed by atoms with van der Waals surface area (Å²) in [5, 5.41) is 11.2. The predicted molar refractivity (Wildman–Crippen MR) is 91.9 cm³/mol. The topological polar surface area (TPSA) is 52.0 Å². The maximum Gasteiger partial charge on any atom is 0.278 e. The second-order valence-electron chi connectivity index (χ2n) is 7.81. The third-order valence-corrected chi connectivity index (χ3v) is 6.26. The van der Waals surface area contributed by atoms with Crippen LogP contribution in [-0.2, 0) is 6.54 Å². The van der Waals surface area contributed by atoms with Crippen molar-refractivity contribution >= 4 is 5.69 Å². The predicted octanol–water partition coefficient (Wildman–Crippen LogP) is 0.0904. The number of hydrogen-bond acceptors (Lipinski definition) is 2. The molecule has 1 saturated carbocycles. The third kappa shape index (κ3) is 3.23. The van der Waals surface area contributed by atoms with Gasteiger partial charge >= 0.3 is 0 Å². The van der Waals surface area contributed by atoms with Crippen LogP contribution in [-0.4, -0.2) is 37.6 Å². The summed E-state index contributed by atoms with van der Waals surface area (Å²) < 4.78 is 0. The first kappa shape index (κ1) is 15.8. The lowest BCUT2D eigenvalue weighted by Crippen LogP contribution is -3.27. The van der Waals surface area contributed by atoms with Gasteiger partial charge in [0.2, 0.25) is 0 Å². The Morgan fingerprint density at radius 2 is 1.79 bits per heavy atom. The summed E-state index contributed by atoms with van der Waals surface area (Å²) in [5.41, 5.74) is 1.15. The second-order valence-corrected chi connectivity index (χ2v) is 7.81. The van der Waals surface area contributed by atoms with Crippen LogP contribution < -0.4 is 9.80 Å². The van der Waals surface area contributed by atoms with Crippen LogP contribution in [0.25, 0.3) is 0 Å². The Balaban J connectivity index is 1.29. The summed E-state index contributed by atoms with van der Waals surface area (Å²) in [6.07, 6.45) is 7.67. The summed E-state index contributed by atoms with van der Waals surface area (Å²) in [6.45, 7) is 6.75. The smallest absolute Gasteiger partial charge is 0.278 e. The zero-order valence-corrected chi connectivity index (χ0v) is 14.1. The minimum absolute atomic E-state index is 0.251. The zero-order valence-electron chi connectivity index (χ0n) is 14.1. The number of para-hydroxylation sites is 1. The summed E-state index contributed by atoms with van der Waals surface area (Å²) in [7, 11) is 0. The molecule has 1 heterocycles. The first-order valence-corrected chi connectivity index (χ1v) is 9.27. The molecule has 0 amide bonds. The van der Waals surface area contributed by atoms with E-state index >= 15 is 0 Å². The fourth-order valence-corrected chi connectivity index (χ4v) is 4.95. The van der Waals surface area contributed by atoms with Crippen molar-refractivity contribution in [2.45, 2.75) is 19.4 Å². The number of piperazine rings is 1. The van der Waals surface area contributed by atoms with E-state index in [-0.39, 0.29) is 10.6 Å². The quantitative estimate of drug-likeness (QED) is 0.457. The van der Waals surface area contributed by atoms with Gasteiger partial charge in [-0.25, -0.2) is 0 Å². The summed E-state index contributed by atoms with van der Waals surface area (Å²) >= 11 is 0. The van der Waals surface area contributed by atoms with E-state index in [0.29, 0.717) is 0 Å². The van der Waals surface area contributed by atoms with Gasteiger partial charge in [-0.3, -0.25) is 10.1 Å². The fourth-order valence-electron chi connectivity index (χ4n) is 4.95. The molecule has 0 radical (unpaired) electrons. The highest BCUT2D eigenvalue weighted by Gasteiger charge is 2.38. The van der Waals surface area contributed by atoms with Crippen LogP contribution in [0.3, 0.4) is 0 Å². The van der Waals surface area contributed by atoms with Crippen molar-refractivity contribution in [1.29, 1.82) is 0 Å². The number of benzene rings is 1. The van der Waals surface area contributed by atoms with E-state index in [2.05, 4.69) is 12.2 Å². The molecular weight excluding hydrogens is 302 g/mol. The number of nitrogens with zero attached hydrogens (tertiary/aromatic N) is 1. The van der Waals surface area contributed by atoms with Crippen molar-refractivity contribution in [2.24, 2.45) is 17.8 Å². The number of nitro benzene ring substituents is 1. The number of allylic oxidation sites excluding steroid dienone is 2. The molecule has 0 spiro atoms. The number of hydrogen-bond donors (Lipinski definition) is 2. The van der Waals surface area contributed by atoms with E-state index in [4.69, 9.17) is 0 Å². The van der Waals surface area contributed by atoms with Crippen molar-refractivity contribution in [3.05, 3.63) is 52.1 Å². The molecule has 5 heteroatoms. The van der Waals surface area contributed by atoms with Crippen LogP contribution in [0.2, 0.25) is 0 Å². The van der Waals surface area contributed by atoms with Gasteiger partial charge in [0, 0.05) is 12.0 Å². The van der Waals surface area contributed by atoms with Crippen LogP contribution in [0, 0.1) is 27.9 Å². The van der Waals surface area contributed by atoms with Gasteiger partial charge in [0.15, 0.2) is 0 Å². The normalized spacial score (nSPS) is 34.6. The molecule has 1 aromatic carbocycles. The molecule has 2 N–H and O–H groups in total. The monoisotopic (exact) mass is 329 g/mol. The maximum atomic E-state index is 11.2. The minimum Gasteiger partial charge on any atom is -0.325 e. The number of nitro groups is 1. The zero-order chi connectivity index (χ0) is 16.5. The highest BCUT2D eigenvalue weighted by atomic mass is 16.6. The van der Waals surface area contributed by atoms with Crippen molar-refractivity contribution in [2.75, 3.05) is 32.7 Å². The SMILES string of the molecule is O=[N+]([O-])c1ccccc1C[NH+]1CC[NH+](CC2CC3C=CC2C3)CC1. The number of quaternary nitrogens is 2.